The minimum atomic E-state index is 0.826. The Balaban J connectivity index is 2.42. The third-order valence-electron chi connectivity index (χ3n) is 2.45. The van der Waals surface area contributed by atoms with Crippen LogP contribution >= 0.6 is 0 Å². The molecular formula is C13H21N. The molecule has 1 aromatic rings. The van der Waals surface area contributed by atoms with Crippen molar-refractivity contribution < 1.29 is 0 Å². The standard InChI is InChI=1S/C13H21N/c1-11-8-12(2)10-13(9-11)6-4-3-5-7-14/h8-10H,3-7,14H2,1-2H3. The van der Waals surface area contributed by atoms with Gasteiger partial charge in [0.25, 0.3) is 0 Å². The van der Waals surface area contributed by atoms with Gasteiger partial charge >= 0.3 is 0 Å². The average molecular weight is 191 g/mol. The number of nitrogens with two attached hydrogens (primary N) is 1. The Morgan fingerprint density at radius 2 is 1.57 bits per heavy atom. The third kappa shape index (κ3) is 3.93. The van der Waals surface area contributed by atoms with Crippen molar-refractivity contribution >= 4 is 0 Å². The van der Waals surface area contributed by atoms with E-state index < -0.39 is 0 Å². The highest BCUT2D eigenvalue weighted by molar-refractivity contribution is 5.28. The first-order valence-corrected chi connectivity index (χ1v) is 5.49. The lowest BCUT2D eigenvalue weighted by atomic mass is 10.0. The van der Waals surface area contributed by atoms with Crippen LogP contribution in [0.2, 0.25) is 0 Å². The van der Waals surface area contributed by atoms with Crippen LogP contribution in [0.25, 0.3) is 0 Å². The van der Waals surface area contributed by atoms with Gasteiger partial charge in [-0.1, -0.05) is 35.7 Å². The maximum atomic E-state index is 5.46. The van der Waals surface area contributed by atoms with E-state index in [1.165, 1.54) is 36.0 Å². The van der Waals surface area contributed by atoms with Gasteiger partial charge in [-0.3, -0.25) is 0 Å². The zero-order valence-corrected chi connectivity index (χ0v) is 9.34. The summed E-state index contributed by atoms with van der Waals surface area (Å²) in [4.78, 5) is 0. The summed E-state index contributed by atoms with van der Waals surface area (Å²) in [6.45, 7) is 5.15. The minimum Gasteiger partial charge on any atom is -0.330 e. The normalized spacial score (nSPS) is 10.5. The van der Waals surface area contributed by atoms with Crippen LogP contribution in [0.1, 0.15) is 36.0 Å². The van der Waals surface area contributed by atoms with Crippen molar-refractivity contribution in [3.8, 4) is 0 Å². The quantitative estimate of drug-likeness (QED) is 0.711. The Labute approximate surface area is 87.3 Å². The van der Waals surface area contributed by atoms with Crippen LogP contribution in [-0.4, -0.2) is 6.54 Å². The predicted octanol–water partition coefficient (Wildman–Crippen LogP) is 2.97. The summed E-state index contributed by atoms with van der Waals surface area (Å²) in [7, 11) is 0. The zero-order valence-electron chi connectivity index (χ0n) is 9.34. The molecule has 0 spiro atoms. The Kier molecular flexibility index (Phi) is 4.68. The Morgan fingerprint density at radius 1 is 0.929 bits per heavy atom. The fourth-order valence-corrected chi connectivity index (χ4v) is 1.86. The first-order chi connectivity index (χ1) is 6.72. The first-order valence-electron chi connectivity index (χ1n) is 5.49. The van der Waals surface area contributed by atoms with Crippen molar-refractivity contribution in [1.82, 2.24) is 0 Å². The molecule has 0 saturated heterocycles. The van der Waals surface area contributed by atoms with Crippen LogP contribution < -0.4 is 5.73 Å². The molecule has 0 aliphatic heterocycles. The van der Waals surface area contributed by atoms with Gasteiger partial charge in [0.05, 0.1) is 0 Å². The summed E-state index contributed by atoms with van der Waals surface area (Å²) in [6, 6.07) is 6.80. The van der Waals surface area contributed by atoms with Gasteiger partial charge in [-0.15, -0.1) is 0 Å². The number of aryl methyl sites for hydroxylation is 3. The van der Waals surface area contributed by atoms with Crippen molar-refractivity contribution in [1.29, 1.82) is 0 Å². The molecule has 14 heavy (non-hydrogen) atoms. The second kappa shape index (κ2) is 5.82. The Bertz CT molecular complexity index is 258. The van der Waals surface area contributed by atoms with Gasteiger partial charge in [0.2, 0.25) is 0 Å². The molecular weight excluding hydrogens is 170 g/mol. The molecule has 0 amide bonds. The SMILES string of the molecule is Cc1cc(C)cc(CCCCCN)c1. The van der Waals surface area contributed by atoms with Crippen molar-refractivity contribution in [2.75, 3.05) is 6.54 Å². The Hall–Kier alpha value is -0.820. The van der Waals surface area contributed by atoms with E-state index in [0.717, 1.165) is 13.0 Å². The molecule has 0 bridgehead atoms. The van der Waals surface area contributed by atoms with E-state index in [-0.39, 0.29) is 0 Å². The molecule has 0 aliphatic carbocycles. The summed E-state index contributed by atoms with van der Waals surface area (Å²) in [6.07, 6.45) is 4.87. The second-order valence-electron chi connectivity index (χ2n) is 4.10. The van der Waals surface area contributed by atoms with Gasteiger partial charge in [-0.25, -0.2) is 0 Å². The second-order valence-corrected chi connectivity index (χ2v) is 4.10. The van der Waals surface area contributed by atoms with Crippen LogP contribution in [0.4, 0.5) is 0 Å². The molecule has 0 saturated carbocycles. The smallest absolute Gasteiger partial charge is 0.00773 e. The van der Waals surface area contributed by atoms with E-state index in [2.05, 4.69) is 32.0 Å². The minimum absolute atomic E-state index is 0.826. The molecule has 1 rings (SSSR count). The highest BCUT2D eigenvalue weighted by Crippen LogP contribution is 2.11. The Morgan fingerprint density at radius 3 is 2.14 bits per heavy atom. The monoisotopic (exact) mass is 191 g/mol. The number of benzene rings is 1. The molecule has 0 unspecified atom stereocenters. The third-order valence-corrected chi connectivity index (χ3v) is 2.45. The van der Waals surface area contributed by atoms with Gasteiger partial charge in [0.15, 0.2) is 0 Å². The molecule has 78 valence electrons. The molecule has 0 aromatic heterocycles. The van der Waals surface area contributed by atoms with E-state index in [1.807, 2.05) is 0 Å². The molecule has 0 radical (unpaired) electrons. The van der Waals surface area contributed by atoms with E-state index in [1.54, 1.807) is 0 Å². The molecule has 0 atom stereocenters. The zero-order chi connectivity index (χ0) is 10.4. The summed E-state index contributed by atoms with van der Waals surface area (Å²) < 4.78 is 0. The summed E-state index contributed by atoms with van der Waals surface area (Å²) in [5.41, 5.74) is 9.68. The molecule has 2 N–H and O–H groups in total. The molecule has 0 fully saturated rings. The van der Waals surface area contributed by atoms with Crippen molar-refractivity contribution in [2.45, 2.75) is 39.5 Å². The fourth-order valence-electron chi connectivity index (χ4n) is 1.86. The number of rotatable bonds is 5. The lowest BCUT2D eigenvalue weighted by Gasteiger charge is -2.04. The maximum absolute atomic E-state index is 5.46. The highest BCUT2D eigenvalue weighted by Gasteiger charge is 1.96. The van der Waals surface area contributed by atoms with Crippen LogP contribution in [0, 0.1) is 13.8 Å². The van der Waals surface area contributed by atoms with Gasteiger partial charge in [0.1, 0.15) is 0 Å². The van der Waals surface area contributed by atoms with Crippen molar-refractivity contribution in [2.24, 2.45) is 5.73 Å². The summed E-state index contributed by atoms with van der Waals surface area (Å²) >= 11 is 0. The van der Waals surface area contributed by atoms with Gasteiger partial charge < -0.3 is 5.73 Å². The molecule has 0 heterocycles. The fraction of sp³-hybridized carbons (Fsp3) is 0.538. The van der Waals surface area contributed by atoms with Gasteiger partial charge in [-0.2, -0.15) is 0 Å². The molecule has 0 aliphatic rings. The highest BCUT2D eigenvalue weighted by atomic mass is 14.5. The van der Waals surface area contributed by atoms with Crippen LogP contribution in [0.5, 0.6) is 0 Å². The number of hydrogen-bond donors (Lipinski definition) is 1. The largest absolute Gasteiger partial charge is 0.330 e. The van der Waals surface area contributed by atoms with Crippen molar-refractivity contribution in [3.63, 3.8) is 0 Å². The van der Waals surface area contributed by atoms with Crippen molar-refractivity contribution in [3.05, 3.63) is 34.9 Å². The van der Waals surface area contributed by atoms with E-state index in [0.29, 0.717) is 0 Å². The van der Waals surface area contributed by atoms with Crippen LogP contribution in [0.15, 0.2) is 18.2 Å². The molecule has 1 heteroatoms. The molecule has 1 nitrogen and oxygen atoms in total. The molecule has 1 aromatic carbocycles. The van der Waals surface area contributed by atoms with Gasteiger partial charge in [0, 0.05) is 0 Å². The van der Waals surface area contributed by atoms with E-state index in [9.17, 15) is 0 Å². The van der Waals surface area contributed by atoms with Crippen LogP contribution in [0.3, 0.4) is 0 Å². The lowest BCUT2D eigenvalue weighted by molar-refractivity contribution is 0.686. The lowest BCUT2D eigenvalue weighted by Crippen LogP contribution is -1.98. The first kappa shape index (κ1) is 11.3. The maximum Gasteiger partial charge on any atom is -0.00773 e. The van der Waals surface area contributed by atoms with Gasteiger partial charge in [-0.05, 0) is 45.2 Å². The summed E-state index contributed by atoms with van der Waals surface area (Å²) in [5, 5.41) is 0. The van der Waals surface area contributed by atoms with E-state index in [4.69, 9.17) is 5.73 Å². The number of unbranched alkanes of at least 4 members (excludes halogenated alkanes) is 2. The topological polar surface area (TPSA) is 26.0 Å². The average Bonchev–Trinajstić information content (AvgIpc) is 2.11. The number of hydrogen-bond acceptors (Lipinski definition) is 1. The summed E-state index contributed by atoms with van der Waals surface area (Å²) in [5.74, 6) is 0. The van der Waals surface area contributed by atoms with E-state index >= 15 is 0 Å². The predicted molar refractivity (Wildman–Crippen MR) is 62.5 cm³/mol. The van der Waals surface area contributed by atoms with Crippen LogP contribution in [-0.2, 0) is 6.42 Å².